The van der Waals surface area contributed by atoms with Crippen molar-refractivity contribution in [1.82, 2.24) is 4.98 Å². The van der Waals surface area contributed by atoms with Crippen LogP contribution >= 0.6 is 11.3 Å². The summed E-state index contributed by atoms with van der Waals surface area (Å²) in [5.41, 5.74) is 3.38. The summed E-state index contributed by atoms with van der Waals surface area (Å²) < 4.78 is 13.7. The molecule has 1 aliphatic heterocycles. The zero-order valence-corrected chi connectivity index (χ0v) is 16.8. The first-order chi connectivity index (χ1) is 13.9. The van der Waals surface area contributed by atoms with E-state index in [0.29, 0.717) is 39.8 Å². The monoisotopic (exact) mass is 410 g/mol. The van der Waals surface area contributed by atoms with Crippen molar-refractivity contribution in [3.8, 4) is 11.3 Å². The van der Waals surface area contributed by atoms with Crippen LogP contribution in [0.4, 0.5) is 20.9 Å². The predicted molar refractivity (Wildman–Crippen MR) is 113 cm³/mol. The molecule has 2 amide bonds. The molecule has 29 heavy (non-hydrogen) atoms. The van der Waals surface area contributed by atoms with Crippen LogP contribution in [0.2, 0.25) is 0 Å². The summed E-state index contributed by atoms with van der Waals surface area (Å²) in [5, 5.41) is 6.38. The average molecular weight is 410 g/mol. The van der Waals surface area contributed by atoms with Crippen molar-refractivity contribution in [2.75, 3.05) is 29.6 Å². The van der Waals surface area contributed by atoms with Gasteiger partial charge >= 0.3 is 0 Å². The van der Waals surface area contributed by atoms with Crippen LogP contribution in [0.5, 0.6) is 0 Å². The summed E-state index contributed by atoms with van der Waals surface area (Å²) in [6, 6.07) is 11.4. The number of carbonyl (C=O) groups is 2. The van der Waals surface area contributed by atoms with Crippen LogP contribution in [0.1, 0.15) is 21.7 Å². The van der Waals surface area contributed by atoms with Gasteiger partial charge in [0, 0.05) is 37.5 Å². The van der Waals surface area contributed by atoms with Crippen LogP contribution in [-0.2, 0) is 11.2 Å². The maximum absolute atomic E-state index is 13.7. The van der Waals surface area contributed by atoms with Gasteiger partial charge in [-0.05, 0) is 42.3 Å². The number of carbonyl (C=O) groups excluding carboxylic acids is 2. The molecule has 0 saturated heterocycles. The number of nitrogens with zero attached hydrogens (tertiary/aromatic N) is 2. The molecule has 0 fully saturated rings. The number of thiazole rings is 1. The largest absolute Gasteiger partial charge is 0.354 e. The lowest BCUT2D eigenvalue weighted by molar-refractivity contribution is -0.116. The Labute approximate surface area is 171 Å². The second-order valence-electron chi connectivity index (χ2n) is 6.95. The smallest absolute Gasteiger partial charge is 0.268 e. The number of benzene rings is 2. The zero-order chi connectivity index (χ0) is 20.5. The third kappa shape index (κ3) is 3.97. The number of aryl methyl sites for hydroxylation is 1. The van der Waals surface area contributed by atoms with E-state index >= 15 is 0 Å². The Morgan fingerprint density at radius 3 is 2.79 bits per heavy atom. The molecule has 2 N–H and O–H groups in total. The minimum absolute atomic E-state index is 0.00473. The van der Waals surface area contributed by atoms with Gasteiger partial charge < -0.3 is 15.5 Å². The second kappa shape index (κ2) is 7.63. The number of hydrogen-bond acceptors (Lipinski definition) is 5. The predicted octanol–water partition coefficient (Wildman–Crippen LogP) is 4.15. The van der Waals surface area contributed by atoms with Gasteiger partial charge in [0.1, 0.15) is 10.7 Å². The van der Waals surface area contributed by atoms with Crippen LogP contribution in [0, 0.1) is 5.82 Å². The Morgan fingerprint density at radius 2 is 2.03 bits per heavy atom. The molecular formula is C21H19FN4O2S. The summed E-state index contributed by atoms with van der Waals surface area (Å²) >= 11 is 1.25. The molecular weight excluding hydrogens is 391 g/mol. The fourth-order valence-corrected chi connectivity index (χ4v) is 4.04. The Hall–Kier alpha value is -3.26. The van der Waals surface area contributed by atoms with Crippen molar-refractivity contribution >= 4 is 39.7 Å². The van der Waals surface area contributed by atoms with Crippen molar-refractivity contribution in [1.29, 1.82) is 0 Å². The van der Waals surface area contributed by atoms with Crippen molar-refractivity contribution in [2.24, 2.45) is 0 Å². The maximum atomic E-state index is 13.7. The molecule has 0 unspecified atom stereocenters. The number of rotatable bonds is 4. The van der Waals surface area contributed by atoms with Crippen LogP contribution in [0.15, 0.2) is 42.5 Å². The SMILES string of the molecule is CN(C)c1nc(-c2cccc(F)c2)c(C(=O)Nc2ccc3c(c2)CCC(=O)N3)s1. The lowest BCUT2D eigenvalue weighted by Gasteiger charge is -2.17. The van der Waals surface area contributed by atoms with E-state index in [1.54, 1.807) is 24.3 Å². The Kier molecular flexibility index (Phi) is 5.02. The van der Waals surface area contributed by atoms with Crippen molar-refractivity contribution in [3.05, 3.63) is 58.7 Å². The van der Waals surface area contributed by atoms with E-state index in [2.05, 4.69) is 15.6 Å². The fraction of sp³-hybridized carbons (Fsp3) is 0.190. The first-order valence-corrected chi connectivity index (χ1v) is 9.90. The highest BCUT2D eigenvalue weighted by molar-refractivity contribution is 7.18. The molecule has 4 rings (SSSR count). The molecule has 3 aromatic rings. The van der Waals surface area contributed by atoms with Gasteiger partial charge in [-0.15, -0.1) is 0 Å². The Balaban J connectivity index is 1.66. The number of amides is 2. The standard InChI is InChI=1S/C21H19FN4O2S/c1-26(2)21-25-18(13-4-3-5-14(22)10-13)19(29-21)20(28)23-15-7-8-16-12(11-15)6-9-17(27)24-16/h3-5,7-8,10-11H,6,9H2,1-2H3,(H,23,28)(H,24,27). The summed E-state index contributed by atoms with van der Waals surface area (Å²) in [5.74, 6) is -0.699. The van der Waals surface area contributed by atoms with Crippen LogP contribution in [0.25, 0.3) is 11.3 Å². The number of anilines is 3. The fourth-order valence-electron chi connectivity index (χ4n) is 3.13. The van der Waals surface area contributed by atoms with Gasteiger partial charge in [-0.25, -0.2) is 9.37 Å². The quantitative estimate of drug-likeness (QED) is 0.678. The molecule has 0 atom stereocenters. The minimum atomic E-state index is -0.384. The average Bonchev–Trinajstić information content (AvgIpc) is 3.14. The molecule has 0 spiro atoms. The molecule has 148 valence electrons. The molecule has 2 heterocycles. The molecule has 1 aliphatic rings. The maximum Gasteiger partial charge on any atom is 0.268 e. The number of nitrogens with one attached hydrogen (secondary N) is 2. The molecule has 2 aromatic carbocycles. The Morgan fingerprint density at radius 1 is 1.21 bits per heavy atom. The van der Waals surface area contributed by atoms with Crippen molar-refractivity contribution in [2.45, 2.75) is 12.8 Å². The molecule has 0 saturated carbocycles. The molecule has 8 heteroatoms. The topological polar surface area (TPSA) is 74.3 Å². The summed E-state index contributed by atoms with van der Waals surface area (Å²) in [4.78, 5) is 31.3. The number of aromatic nitrogens is 1. The highest BCUT2D eigenvalue weighted by Gasteiger charge is 2.22. The summed E-state index contributed by atoms with van der Waals surface area (Å²) in [7, 11) is 3.68. The van der Waals surface area contributed by atoms with E-state index < -0.39 is 0 Å². The van der Waals surface area contributed by atoms with E-state index in [1.165, 1.54) is 23.5 Å². The zero-order valence-electron chi connectivity index (χ0n) is 16.0. The van der Waals surface area contributed by atoms with Crippen molar-refractivity contribution < 1.29 is 14.0 Å². The third-order valence-electron chi connectivity index (χ3n) is 4.56. The molecule has 6 nitrogen and oxygen atoms in total. The lowest BCUT2D eigenvalue weighted by Crippen LogP contribution is -2.19. The third-order valence-corrected chi connectivity index (χ3v) is 5.78. The molecule has 0 bridgehead atoms. The van der Waals surface area contributed by atoms with E-state index in [1.807, 2.05) is 25.1 Å². The van der Waals surface area contributed by atoms with E-state index in [9.17, 15) is 14.0 Å². The normalized spacial score (nSPS) is 12.9. The molecule has 0 radical (unpaired) electrons. The first-order valence-electron chi connectivity index (χ1n) is 9.09. The van der Waals surface area contributed by atoms with Gasteiger partial charge in [-0.2, -0.15) is 0 Å². The van der Waals surface area contributed by atoms with Gasteiger partial charge in [-0.3, -0.25) is 9.59 Å². The highest BCUT2D eigenvalue weighted by atomic mass is 32.1. The number of hydrogen-bond donors (Lipinski definition) is 2. The highest BCUT2D eigenvalue weighted by Crippen LogP contribution is 2.34. The number of fused-ring (bicyclic) bond motifs is 1. The minimum Gasteiger partial charge on any atom is -0.354 e. The van der Waals surface area contributed by atoms with Crippen LogP contribution in [-0.4, -0.2) is 30.9 Å². The van der Waals surface area contributed by atoms with Crippen LogP contribution < -0.4 is 15.5 Å². The van der Waals surface area contributed by atoms with Crippen molar-refractivity contribution in [3.63, 3.8) is 0 Å². The second-order valence-corrected chi connectivity index (χ2v) is 7.93. The number of halogens is 1. The van der Waals surface area contributed by atoms with Gasteiger partial charge in [-0.1, -0.05) is 23.5 Å². The molecule has 1 aromatic heterocycles. The van der Waals surface area contributed by atoms with E-state index in [0.717, 1.165) is 11.3 Å². The van der Waals surface area contributed by atoms with Gasteiger partial charge in [0.2, 0.25) is 5.91 Å². The first kappa shape index (κ1) is 19.1. The van der Waals surface area contributed by atoms with Gasteiger partial charge in [0.25, 0.3) is 5.91 Å². The van der Waals surface area contributed by atoms with Crippen LogP contribution in [0.3, 0.4) is 0 Å². The van der Waals surface area contributed by atoms with Gasteiger partial charge in [0.05, 0.1) is 5.69 Å². The summed E-state index contributed by atoms with van der Waals surface area (Å²) in [6.07, 6.45) is 1.06. The lowest BCUT2D eigenvalue weighted by atomic mass is 10.0. The summed E-state index contributed by atoms with van der Waals surface area (Å²) in [6.45, 7) is 0. The Bertz CT molecular complexity index is 1110. The van der Waals surface area contributed by atoms with E-state index in [-0.39, 0.29) is 17.6 Å². The van der Waals surface area contributed by atoms with Gasteiger partial charge in [0.15, 0.2) is 5.13 Å². The van der Waals surface area contributed by atoms with E-state index in [4.69, 9.17) is 0 Å². The molecule has 0 aliphatic carbocycles.